The number of hydrogen-bond donors (Lipinski definition) is 1. The molecular weight excluding hydrogens is 291 g/mol. The third kappa shape index (κ3) is 3.66. The molecule has 0 saturated heterocycles. The van der Waals surface area contributed by atoms with E-state index in [1.165, 1.54) is 5.56 Å². The van der Waals surface area contributed by atoms with Gasteiger partial charge in [0.2, 0.25) is 0 Å². The fourth-order valence-electron chi connectivity index (χ4n) is 2.11. The van der Waals surface area contributed by atoms with Crippen molar-refractivity contribution in [2.45, 2.75) is 19.5 Å². The van der Waals surface area contributed by atoms with Crippen LogP contribution in [0, 0.1) is 0 Å². The highest BCUT2D eigenvalue weighted by atomic mass is 35.5. The second kappa shape index (κ2) is 6.49. The Hall–Kier alpha value is -1.22. The lowest BCUT2D eigenvalue weighted by Gasteiger charge is -2.26. The van der Waals surface area contributed by atoms with Crippen LogP contribution in [0.15, 0.2) is 42.5 Å². The SMILES string of the molecule is CC(c1ccc(Cl)cc1)N(C)Cc1cc(Cl)ccc1N. The summed E-state index contributed by atoms with van der Waals surface area (Å²) in [5.74, 6) is 0. The van der Waals surface area contributed by atoms with Gasteiger partial charge in [0.15, 0.2) is 0 Å². The maximum Gasteiger partial charge on any atom is 0.0410 e. The van der Waals surface area contributed by atoms with Crippen LogP contribution in [0.1, 0.15) is 24.1 Å². The number of anilines is 1. The summed E-state index contributed by atoms with van der Waals surface area (Å²) in [5.41, 5.74) is 9.02. The number of nitrogen functional groups attached to an aromatic ring is 1. The second-order valence-corrected chi connectivity index (χ2v) is 5.86. The van der Waals surface area contributed by atoms with E-state index < -0.39 is 0 Å². The molecule has 0 aliphatic rings. The van der Waals surface area contributed by atoms with Crippen LogP contribution < -0.4 is 5.73 Å². The Balaban J connectivity index is 2.13. The van der Waals surface area contributed by atoms with Crippen molar-refractivity contribution in [1.29, 1.82) is 0 Å². The zero-order valence-corrected chi connectivity index (χ0v) is 13.1. The zero-order chi connectivity index (χ0) is 14.7. The highest BCUT2D eigenvalue weighted by molar-refractivity contribution is 6.30. The third-order valence-electron chi connectivity index (χ3n) is 3.54. The van der Waals surface area contributed by atoms with Crippen molar-refractivity contribution in [2.24, 2.45) is 0 Å². The maximum atomic E-state index is 6.03. The summed E-state index contributed by atoms with van der Waals surface area (Å²) >= 11 is 11.9. The molecule has 1 atom stereocenters. The summed E-state index contributed by atoms with van der Waals surface area (Å²) in [5, 5.41) is 1.46. The molecule has 2 aromatic carbocycles. The van der Waals surface area contributed by atoms with Crippen LogP contribution in [0.4, 0.5) is 5.69 Å². The van der Waals surface area contributed by atoms with E-state index >= 15 is 0 Å². The zero-order valence-electron chi connectivity index (χ0n) is 11.6. The molecule has 0 aromatic heterocycles. The first-order valence-electron chi connectivity index (χ1n) is 6.47. The molecule has 2 aromatic rings. The minimum absolute atomic E-state index is 0.269. The number of halogens is 2. The van der Waals surface area contributed by atoms with Gasteiger partial charge in [-0.2, -0.15) is 0 Å². The smallest absolute Gasteiger partial charge is 0.0410 e. The Bertz CT molecular complexity index is 582. The molecule has 0 spiro atoms. The van der Waals surface area contributed by atoms with E-state index in [1.807, 2.05) is 42.5 Å². The second-order valence-electron chi connectivity index (χ2n) is 4.99. The Morgan fingerprint density at radius 1 is 1.05 bits per heavy atom. The lowest BCUT2D eigenvalue weighted by molar-refractivity contribution is 0.253. The molecular formula is C16H18Cl2N2. The summed E-state index contributed by atoms with van der Waals surface area (Å²) in [6, 6.07) is 13.8. The Labute approximate surface area is 130 Å². The average Bonchev–Trinajstić information content (AvgIpc) is 2.43. The lowest BCUT2D eigenvalue weighted by atomic mass is 10.1. The number of hydrogen-bond acceptors (Lipinski definition) is 2. The molecule has 106 valence electrons. The predicted octanol–water partition coefficient (Wildman–Crippen LogP) is 4.77. The van der Waals surface area contributed by atoms with Gasteiger partial charge >= 0.3 is 0 Å². The topological polar surface area (TPSA) is 29.3 Å². The van der Waals surface area contributed by atoms with E-state index in [2.05, 4.69) is 18.9 Å². The third-order valence-corrected chi connectivity index (χ3v) is 4.03. The van der Waals surface area contributed by atoms with Crippen molar-refractivity contribution >= 4 is 28.9 Å². The number of rotatable bonds is 4. The molecule has 0 heterocycles. The van der Waals surface area contributed by atoms with Gasteiger partial charge < -0.3 is 5.73 Å². The van der Waals surface area contributed by atoms with Gasteiger partial charge in [0.1, 0.15) is 0 Å². The highest BCUT2D eigenvalue weighted by Gasteiger charge is 2.13. The summed E-state index contributed by atoms with van der Waals surface area (Å²) in [4.78, 5) is 2.23. The summed E-state index contributed by atoms with van der Waals surface area (Å²) in [6.45, 7) is 2.90. The molecule has 2 nitrogen and oxygen atoms in total. The van der Waals surface area contributed by atoms with Crippen molar-refractivity contribution < 1.29 is 0 Å². The molecule has 0 bridgehead atoms. The number of nitrogens with zero attached hydrogens (tertiary/aromatic N) is 1. The van der Waals surface area contributed by atoms with Crippen molar-refractivity contribution in [3.8, 4) is 0 Å². The van der Waals surface area contributed by atoms with Crippen molar-refractivity contribution in [3.63, 3.8) is 0 Å². The van der Waals surface area contributed by atoms with Gasteiger partial charge in [-0.1, -0.05) is 35.3 Å². The van der Waals surface area contributed by atoms with Crippen LogP contribution in [0.3, 0.4) is 0 Å². The van der Waals surface area contributed by atoms with Gasteiger partial charge in [0.05, 0.1) is 0 Å². The van der Waals surface area contributed by atoms with Crippen LogP contribution in [0.25, 0.3) is 0 Å². The van der Waals surface area contributed by atoms with E-state index in [9.17, 15) is 0 Å². The lowest BCUT2D eigenvalue weighted by Crippen LogP contribution is -2.22. The van der Waals surface area contributed by atoms with E-state index in [4.69, 9.17) is 28.9 Å². The van der Waals surface area contributed by atoms with Gasteiger partial charge in [-0.15, -0.1) is 0 Å². The summed E-state index contributed by atoms with van der Waals surface area (Å²) < 4.78 is 0. The van der Waals surface area contributed by atoms with Gasteiger partial charge in [-0.3, -0.25) is 4.90 Å². The van der Waals surface area contributed by atoms with Crippen molar-refractivity contribution in [1.82, 2.24) is 4.90 Å². The van der Waals surface area contributed by atoms with E-state index in [0.29, 0.717) is 5.02 Å². The summed E-state index contributed by atoms with van der Waals surface area (Å²) in [6.07, 6.45) is 0. The molecule has 2 rings (SSSR count). The molecule has 2 N–H and O–H groups in total. The van der Waals surface area contributed by atoms with Gasteiger partial charge in [0, 0.05) is 28.3 Å². The van der Waals surface area contributed by atoms with E-state index in [-0.39, 0.29) is 6.04 Å². The first-order chi connectivity index (χ1) is 9.47. The van der Waals surface area contributed by atoms with Gasteiger partial charge in [-0.25, -0.2) is 0 Å². The predicted molar refractivity (Wildman–Crippen MR) is 87.2 cm³/mol. The minimum atomic E-state index is 0.269. The molecule has 0 amide bonds. The van der Waals surface area contributed by atoms with Gasteiger partial charge in [-0.05, 0) is 55.4 Å². The fourth-order valence-corrected chi connectivity index (χ4v) is 2.43. The Morgan fingerprint density at radius 3 is 2.30 bits per heavy atom. The van der Waals surface area contributed by atoms with Crippen molar-refractivity contribution in [3.05, 3.63) is 63.6 Å². The Morgan fingerprint density at radius 2 is 1.65 bits per heavy atom. The highest BCUT2D eigenvalue weighted by Crippen LogP contribution is 2.25. The normalized spacial score (nSPS) is 12.7. The van der Waals surface area contributed by atoms with Crippen LogP contribution in [-0.4, -0.2) is 11.9 Å². The molecule has 0 saturated carbocycles. The molecule has 0 radical (unpaired) electrons. The minimum Gasteiger partial charge on any atom is -0.398 e. The van der Waals surface area contributed by atoms with Crippen LogP contribution in [0.5, 0.6) is 0 Å². The fraction of sp³-hybridized carbons (Fsp3) is 0.250. The monoisotopic (exact) mass is 308 g/mol. The molecule has 0 aliphatic heterocycles. The van der Waals surface area contributed by atoms with E-state index in [1.54, 1.807) is 0 Å². The standard InChI is InChI=1S/C16H18Cl2N2/c1-11(12-3-5-14(17)6-4-12)20(2)10-13-9-15(18)7-8-16(13)19/h3-9,11H,10,19H2,1-2H3. The largest absolute Gasteiger partial charge is 0.398 e. The maximum absolute atomic E-state index is 6.03. The quantitative estimate of drug-likeness (QED) is 0.824. The number of benzene rings is 2. The average molecular weight is 309 g/mol. The summed E-state index contributed by atoms with van der Waals surface area (Å²) in [7, 11) is 2.07. The molecule has 4 heteroatoms. The van der Waals surface area contributed by atoms with E-state index in [0.717, 1.165) is 22.8 Å². The number of nitrogens with two attached hydrogens (primary N) is 1. The van der Waals surface area contributed by atoms with Crippen LogP contribution in [0.2, 0.25) is 10.0 Å². The molecule has 0 fully saturated rings. The molecule has 20 heavy (non-hydrogen) atoms. The molecule has 0 aliphatic carbocycles. The van der Waals surface area contributed by atoms with Gasteiger partial charge in [0.25, 0.3) is 0 Å². The molecule has 1 unspecified atom stereocenters. The van der Waals surface area contributed by atoms with Crippen molar-refractivity contribution in [2.75, 3.05) is 12.8 Å². The Kier molecular flexibility index (Phi) is 4.92. The van der Waals surface area contributed by atoms with Crippen LogP contribution in [-0.2, 0) is 6.54 Å². The van der Waals surface area contributed by atoms with Crippen LogP contribution >= 0.6 is 23.2 Å². The first-order valence-corrected chi connectivity index (χ1v) is 7.22. The first kappa shape index (κ1) is 15.2.